The number of rotatable bonds is 53. The second-order valence-corrected chi connectivity index (χ2v) is 28.7. The summed E-state index contributed by atoms with van der Waals surface area (Å²) in [5, 5.41) is 89.4. The van der Waals surface area contributed by atoms with Gasteiger partial charge < -0.3 is 135 Å². The lowest BCUT2D eigenvalue weighted by Gasteiger charge is -2.31. The normalized spacial score (nSPS) is 14.9. The second-order valence-electron chi connectivity index (χ2n) is 28.7. The second kappa shape index (κ2) is 49.9. The molecule has 2 aromatic carbocycles. The summed E-state index contributed by atoms with van der Waals surface area (Å²) in [6, 6.07) is -7.35. The van der Waals surface area contributed by atoms with Crippen molar-refractivity contribution in [3.05, 3.63) is 77.9 Å². The zero-order chi connectivity index (χ0) is 87.1. The van der Waals surface area contributed by atoms with Gasteiger partial charge in [0.2, 0.25) is 82.7 Å². The minimum absolute atomic E-state index is 0.0244. The van der Waals surface area contributed by atoms with Crippen LogP contribution in [-0.2, 0) is 86.4 Å². The highest BCUT2D eigenvalue weighted by Crippen LogP contribution is 2.18. The van der Waals surface area contributed by atoms with E-state index in [2.05, 4.69) is 84.4 Å². The maximum atomic E-state index is 14.7. The number of benzene rings is 2. The fraction of sp³-hybridized carbons (Fsp3) is 0.562. The van der Waals surface area contributed by atoms with Gasteiger partial charge in [0.1, 0.15) is 78.0 Å². The third-order valence-corrected chi connectivity index (χ3v) is 18.6. The number of imidazole rings is 1. The minimum Gasteiger partial charge on any atom is -0.508 e. The zero-order valence-electron chi connectivity index (χ0n) is 66.3. The SMILES string of the molecule is CC[C@H](C)[C@H](NC(=O)[C@H](Cc1ccc(O)cc1)NC(=O)[C@H](Cc1cnc[nH]1)NC(=O)[C@@H](N)CCCNC(=N)N)C(=O)N[C@@H](CC(N)=O)C(=O)N[C@@H](CC(C)C)C(=O)N[C@H](C(=O)N[C@H](C(=O)N[C@@H](CCCNC(=N)N)C(=O)N[C@@H](CCC(N)=O)C(=O)N[C@@H](CCCNC(=N)N)C(=O)N[C@@H](Cc1ccc(O)cc1)C(N)=O)[C@@H](C)O)[C@@H](C)CC. The first-order valence-electron chi connectivity index (χ1n) is 38.0. The van der Waals surface area contributed by atoms with Crippen LogP contribution < -0.4 is 115 Å². The van der Waals surface area contributed by atoms with E-state index in [1.807, 2.05) is 0 Å². The van der Waals surface area contributed by atoms with Gasteiger partial charge in [-0.15, -0.1) is 0 Å². The Labute approximate surface area is 671 Å². The van der Waals surface area contributed by atoms with E-state index in [1.54, 1.807) is 41.5 Å². The summed E-state index contributed by atoms with van der Waals surface area (Å²) in [7, 11) is 0. The number of carbonyl (C=O) groups excluding carboxylic acids is 14. The Morgan fingerprint density at radius 2 is 0.776 bits per heavy atom. The smallest absolute Gasteiger partial charge is 0.245 e. The number of aliphatic hydroxyl groups excluding tert-OH is 1. The first-order chi connectivity index (χ1) is 54.6. The molecule has 0 saturated carbocycles. The minimum atomic E-state index is -1.92. The number of guanidine groups is 3. The van der Waals surface area contributed by atoms with Crippen LogP contribution in [0.15, 0.2) is 61.1 Å². The van der Waals surface area contributed by atoms with Crippen LogP contribution >= 0.6 is 0 Å². The molecule has 35 N–H and O–H groups in total. The van der Waals surface area contributed by atoms with Gasteiger partial charge in [0, 0.05) is 57.2 Å². The van der Waals surface area contributed by atoms with Crippen LogP contribution in [0.4, 0.5) is 0 Å². The number of aromatic amines is 1. The van der Waals surface area contributed by atoms with Gasteiger partial charge in [-0.25, -0.2) is 4.98 Å². The number of hydrogen-bond donors (Lipinski definition) is 28. The number of amides is 14. The number of nitrogens with zero attached hydrogens (tertiary/aromatic N) is 1. The van der Waals surface area contributed by atoms with Crippen LogP contribution in [0.1, 0.15) is 142 Å². The van der Waals surface area contributed by atoms with Crippen LogP contribution in [0.3, 0.4) is 0 Å². The molecule has 43 heteroatoms. The summed E-state index contributed by atoms with van der Waals surface area (Å²) in [5.74, 6) is -17.3. The number of primary amides is 3. The van der Waals surface area contributed by atoms with Crippen molar-refractivity contribution in [2.24, 2.45) is 57.9 Å². The van der Waals surface area contributed by atoms with Crippen molar-refractivity contribution in [3.8, 4) is 11.5 Å². The molecule has 3 aromatic rings. The lowest BCUT2D eigenvalue weighted by atomic mass is 9.95. The predicted octanol–water partition coefficient (Wildman–Crippen LogP) is -6.56. The molecule has 1 heterocycles. The quantitative estimate of drug-likeness (QED) is 0.0142. The van der Waals surface area contributed by atoms with E-state index in [1.165, 1.54) is 61.1 Å². The molecule has 3 rings (SSSR count). The van der Waals surface area contributed by atoms with Crippen molar-refractivity contribution in [1.29, 1.82) is 16.2 Å². The van der Waals surface area contributed by atoms with Crippen LogP contribution in [0.5, 0.6) is 11.5 Å². The molecule has 0 aliphatic heterocycles. The number of aromatic hydroxyl groups is 2. The number of phenols is 2. The molecule has 642 valence electrons. The molecule has 0 bridgehead atoms. The van der Waals surface area contributed by atoms with E-state index in [0.717, 1.165) is 6.92 Å². The van der Waals surface area contributed by atoms with Crippen molar-refractivity contribution in [2.45, 2.75) is 223 Å². The maximum Gasteiger partial charge on any atom is 0.245 e. The third kappa shape index (κ3) is 36.1. The van der Waals surface area contributed by atoms with E-state index < -0.39 is 210 Å². The van der Waals surface area contributed by atoms with E-state index in [-0.39, 0.29) is 108 Å². The van der Waals surface area contributed by atoms with Crippen LogP contribution in [0, 0.1) is 34.0 Å². The largest absolute Gasteiger partial charge is 0.508 e. The monoisotopic (exact) mass is 1630 g/mol. The van der Waals surface area contributed by atoms with Crippen molar-refractivity contribution >= 4 is 101 Å². The molecule has 0 radical (unpaired) electrons. The molecule has 0 aliphatic carbocycles. The van der Waals surface area contributed by atoms with E-state index >= 15 is 0 Å². The van der Waals surface area contributed by atoms with Gasteiger partial charge in [-0.1, -0.05) is 78.6 Å². The third-order valence-electron chi connectivity index (χ3n) is 18.6. The Morgan fingerprint density at radius 1 is 0.422 bits per heavy atom. The Morgan fingerprint density at radius 3 is 1.20 bits per heavy atom. The summed E-state index contributed by atoms with van der Waals surface area (Å²) in [4.78, 5) is 203. The molecule has 0 saturated heterocycles. The predicted molar refractivity (Wildman–Crippen MR) is 424 cm³/mol. The number of carbonyl (C=O) groups is 14. The number of H-pyrrole nitrogens is 1. The average Bonchev–Trinajstić information content (AvgIpc) is 0.999. The molecule has 1 aromatic heterocycles. The van der Waals surface area contributed by atoms with Gasteiger partial charge in [-0.05, 0) is 111 Å². The standard InChI is InChI=1S/C73H118N26O17/c1-8-37(5)56(97-67(113)51(31-41-18-22-44(102)23-19-41)95-64(110)52(32-42-34-84-35-88-42)93-60(106)45(74)13-10-26-85-71(78)79)68(114)96-53(33-55(76)104)65(111)94-50(29-36(3)4)66(112)98-57(38(6)9-2)69(115)99-58(39(7)100)70(116)91-47(15-12-28-87-73(82)83)61(107)90-48(24-25-54(75)103)63(109)89-46(14-11-27-86-72(80)81)62(108)92-49(59(77)105)30-40-16-20-43(101)21-17-40/h16-23,34-39,45-53,56-58,100-102H,8-15,24-33,74H2,1-7H3,(H2,75,103)(H2,76,104)(H2,77,105)(H,84,88)(H,89,109)(H,90,107)(H,91,116)(H,92,108)(H,93,106)(H,94,111)(H,95,110)(H,96,114)(H,97,113)(H,98,112)(H,99,115)(H4,78,79,85)(H4,80,81,86)(H4,82,83,87)/t37-,38-,39+,45-,46-,47-,48-,49-,50-,51-,52-,53-,56-,57-,58-/m0/s1. The topological polar surface area (TPSA) is 750 Å². The fourth-order valence-electron chi connectivity index (χ4n) is 11.7. The van der Waals surface area contributed by atoms with Gasteiger partial charge in [-0.2, -0.15) is 0 Å². The molecule has 0 aliphatic rings. The summed E-state index contributed by atoms with van der Waals surface area (Å²) in [5.41, 5.74) is 40.6. The molecule has 14 amide bonds. The molecule has 116 heavy (non-hydrogen) atoms. The lowest BCUT2D eigenvalue weighted by Crippen LogP contribution is -2.63. The molecule has 0 unspecified atom stereocenters. The van der Waals surface area contributed by atoms with Crippen LogP contribution in [0.25, 0.3) is 0 Å². The number of nitrogens with one attached hydrogen (secondary N) is 18. The van der Waals surface area contributed by atoms with Gasteiger partial charge >= 0.3 is 0 Å². The lowest BCUT2D eigenvalue weighted by molar-refractivity contribution is -0.138. The van der Waals surface area contributed by atoms with Gasteiger partial charge in [0.15, 0.2) is 17.9 Å². The highest BCUT2D eigenvalue weighted by molar-refractivity contribution is 6.01. The van der Waals surface area contributed by atoms with Gasteiger partial charge in [0.25, 0.3) is 0 Å². The van der Waals surface area contributed by atoms with Crippen molar-refractivity contribution < 1.29 is 82.4 Å². The van der Waals surface area contributed by atoms with E-state index in [9.17, 15) is 82.4 Å². The number of phenolic OH excluding ortho intramolecular Hbond substituents is 2. The number of aliphatic hydroxyl groups is 1. The molecule has 0 spiro atoms. The first kappa shape index (κ1) is 97.8. The van der Waals surface area contributed by atoms with Gasteiger partial charge in [0.05, 0.1) is 24.9 Å². The number of nitrogens with two attached hydrogens (primary N) is 7. The summed E-state index contributed by atoms with van der Waals surface area (Å²) < 4.78 is 0. The van der Waals surface area contributed by atoms with Gasteiger partial charge in [-0.3, -0.25) is 83.4 Å². The average molecular weight is 1630 g/mol. The van der Waals surface area contributed by atoms with Crippen LogP contribution in [-0.4, -0.2) is 224 Å². The maximum absolute atomic E-state index is 14.7. The molecule has 15 atom stereocenters. The summed E-state index contributed by atoms with van der Waals surface area (Å²) >= 11 is 0. The summed E-state index contributed by atoms with van der Waals surface area (Å²) in [6.45, 7) is 11.2. The first-order valence-corrected chi connectivity index (χ1v) is 38.0. The zero-order valence-corrected chi connectivity index (χ0v) is 66.3. The van der Waals surface area contributed by atoms with Crippen molar-refractivity contribution in [3.63, 3.8) is 0 Å². The summed E-state index contributed by atoms with van der Waals surface area (Å²) in [6.07, 6.45) is -1.21. The molecular formula is C73H118N26O17. The molecule has 43 nitrogen and oxygen atoms in total. The fourth-order valence-corrected chi connectivity index (χ4v) is 11.7. The number of hydrogen-bond acceptors (Lipinski definition) is 22. The van der Waals surface area contributed by atoms with E-state index in [0.29, 0.717) is 23.2 Å². The Hall–Kier alpha value is -12.4. The van der Waals surface area contributed by atoms with E-state index in [4.69, 9.17) is 56.4 Å². The van der Waals surface area contributed by atoms with Crippen LogP contribution in [0.2, 0.25) is 0 Å². The van der Waals surface area contributed by atoms with Crippen molar-refractivity contribution in [2.75, 3.05) is 19.6 Å². The van der Waals surface area contributed by atoms with Crippen molar-refractivity contribution in [1.82, 2.24) is 84.4 Å². The molecule has 0 fully saturated rings. The molecular weight excluding hydrogens is 1510 g/mol. The Kier molecular flexibility index (Phi) is 42.1. The Balaban J connectivity index is 1.97. The number of aromatic nitrogens is 2. The highest BCUT2D eigenvalue weighted by Gasteiger charge is 2.40. The Bertz CT molecular complexity index is 3810. The highest BCUT2D eigenvalue weighted by atomic mass is 16.3.